The highest BCUT2D eigenvalue weighted by molar-refractivity contribution is 5.97. The second-order valence-electron chi connectivity index (χ2n) is 7.31. The zero-order valence-corrected chi connectivity index (χ0v) is 17.9. The molecule has 0 saturated carbocycles. The number of methoxy groups -OCH3 is 1. The fourth-order valence-corrected chi connectivity index (χ4v) is 3.76. The van der Waals surface area contributed by atoms with Crippen molar-refractivity contribution in [2.45, 2.75) is 34.2 Å². The Balaban J connectivity index is 2.28. The predicted octanol–water partition coefficient (Wildman–Crippen LogP) is 3.94. The molecule has 1 aromatic heterocycles. The van der Waals surface area contributed by atoms with E-state index in [1.807, 2.05) is 20.8 Å². The van der Waals surface area contributed by atoms with Crippen LogP contribution < -0.4 is 5.56 Å². The van der Waals surface area contributed by atoms with Crippen LogP contribution in [-0.4, -0.2) is 30.2 Å². The minimum Gasteiger partial charge on any atom is -0.465 e. The monoisotopic (exact) mass is 407 g/mol. The van der Waals surface area contributed by atoms with E-state index in [1.54, 1.807) is 29.7 Å². The lowest BCUT2D eigenvalue weighted by molar-refractivity contribution is 0.0523. The Hall–Kier alpha value is -3.41. The van der Waals surface area contributed by atoms with Crippen molar-refractivity contribution in [3.05, 3.63) is 80.1 Å². The molecule has 3 rings (SSSR count). The highest BCUT2D eigenvalue weighted by Crippen LogP contribution is 2.22. The number of rotatable bonds is 5. The van der Waals surface area contributed by atoms with Crippen LogP contribution in [0.3, 0.4) is 0 Å². The summed E-state index contributed by atoms with van der Waals surface area (Å²) in [5, 5.41) is 0.586. The van der Waals surface area contributed by atoms with E-state index in [4.69, 9.17) is 9.47 Å². The molecule has 0 radical (unpaired) electrons. The molecule has 0 amide bonds. The van der Waals surface area contributed by atoms with Gasteiger partial charge in [-0.25, -0.2) is 9.59 Å². The Morgan fingerprint density at radius 1 is 0.967 bits per heavy atom. The van der Waals surface area contributed by atoms with E-state index >= 15 is 0 Å². The van der Waals surface area contributed by atoms with Gasteiger partial charge in [-0.3, -0.25) is 4.79 Å². The molecule has 3 aromatic rings. The summed E-state index contributed by atoms with van der Waals surface area (Å²) >= 11 is 0. The van der Waals surface area contributed by atoms with Crippen LogP contribution in [0.15, 0.2) is 41.2 Å². The van der Waals surface area contributed by atoms with Crippen molar-refractivity contribution >= 4 is 22.8 Å². The van der Waals surface area contributed by atoms with Crippen LogP contribution in [0.1, 0.15) is 49.9 Å². The van der Waals surface area contributed by atoms with Gasteiger partial charge in [0.2, 0.25) is 0 Å². The molecule has 0 atom stereocenters. The van der Waals surface area contributed by atoms with Crippen LogP contribution >= 0.6 is 0 Å². The number of hydrogen-bond donors (Lipinski definition) is 0. The second kappa shape index (κ2) is 8.53. The smallest absolute Gasteiger partial charge is 0.343 e. The Bertz CT molecular complexity index is 1180. The lowest BCUT2D eigenvalue weighted by Crippen LogP contribution is -2.28. The molecule has 0 aliphatic rings. The molecule has 0 aliphatic heterocycles. The number of benzene rings is 2. The molecule has 0 fully saturated rings. The minimum atomic E-state index is -0.682. The fourth-order valence-electron chi connectivity index (χ4n) is 3.76. The first-order valence-electron chi connectivity index (χ1n) is 9.76. The van der Waals surface area contributed by atoms with Crippen LogP contribution in [0.4, 0.5) is 0 Å². The van der Waals surface area contributed by atoms with Crippen LogP contribution in [0.2, 0.25) is 0 Å². The van der Waals surface area contributed by atoms with Crippen LogP contribution in [-0.2, 0) is 16.0 Å². The van der Waals surface area contributed by atoms with Gasteiger partial charge in [-0.05, 0) is 68.7 Å². The second-order valence-corrected chi connectivity index (χ2v) is 7.31. The molecule has 0 unspecified atom stereocenters. The van der Waals surface area contributed by atoms with Crippen LogP contribution in [0.25, 0.3) is 10.9 Å². The van der Waals surface area contributed by atoms with Crippen molar-refractivity contribution in [1.29, 1.82) is 0 Å². The van der Waals surface area contributed by atoms with Gasteiger partial charge >= 0.3 is 11.9 Å². The van der Waals surface area contributed by atoms with Gasteiger partial charge in [0, 0.05) is 5.39 Å². The molecular weight excluding hydrogens is 382 g/mol. The lowest BCUT2D eigenvalue weighted by Gasteiger charge is -2.17. The number of ether oxygens (including phenoxy) is 2. The SMILES string of the molecule is CCOC(=O)c1cc2cc(C(=O)OC)ccc2n(Cc2c(C)cc(C)cc2C)c1=O. The Morgan fingerprint density at radius 2 is 1.63 bits per heavy atom. The van der Waals surface area contributed by atoms with Crippen LogP contribution in [0.5, 0.6) is 0 Å². The third kappa shape index (κ3) is 3.99. The molecule has 2 aromatic carbocycles. The molecular formula is C24H25NO5. The number of fused-ring (bicyclic) bond motifs is 1. The number of hydrogen-bond acceptors (Lipinski definition) is 5. The topological polar surface area (TPSA) is 74.6 Å². The number of nitrogens with zero attached hydrogens (tertiary/aromatic N) is 1. The highest BCUT2D eigenvalue weighted by atomic mass is 16.5. The maximum Gasteiger partial charge on any atom is 0.343 e. The van der Waals surface area contributed by atoms with Gasteiger partial charge in [-0.15, -0.1) is 0 Å². The Labute approximate surface area is 175 Å². The first-order valence-corrected chi connectivity index (χ1v) is 9.76. The first kappa shape index (κ1) is 21.3. The van der Waals surface area contributed by atoms with Crippen molar-refractivity contribution in [2.75, 3.05) is 13.7 Å². The molecule has 30 heavy (non-hydrogen) atoms. The Morgan fingerprint density at radius 3 is 2.23 bits per heavy atom. The lowest BCUT2D eigenvalue weighted by atomic mass is 9.99. The van der Waals surface area contributed by atoms with Crippen molar-refractivity contribution in [3.8, 4) is 0 Å². The molecule has 0 saturated heterocycles. The zero-order chi connectivity index (χ0) is 22.0. The summed E-state index contributed by atoms with van der Waals surface area (Å²) in [6.07, 6.45) is 0. The van der Waals surface area contributed by atoms with Gasteiger partial charge < -0.3 is 14.0 Å². The van der Waals surface area contributed by atoms with E-state index < -0.39 is 17.5 Å². The molecule has 0 spiro atoms. The molecule has 0 aliphatic carbocycles. The zero-order valence-electron chi connectivity index (χ0n) is 17.9. The average Bonchev–Trinajstić information content (AvgIpc) is 2.70. The van der Waals surface area contributed by atoms with Gasteiger partial charge in [0.15, 0.2) is 0 Å². The van der Waals surface area contributed by atoms with Crippen molar-refractivity contribution in [3.63, 3.8) is 0 Å². The molecule has 1 heterocycles. The number of esters is 2. The summed E-state index contributed by atoms with van der Waals surface area (Å²) in [4.78, 5) is 37.6. The van der Waals surface area contributed by atoms with Gasteiger partial charge in [0.1, 0.15) is 5.56 Å². The van der Waals surface area contributed by atoms with Crippen LogP contribution in [0, 0.1) is 20.8 Å². The summed E-state index contributed by atoms with van der Waals surface area (Å²) in [7, 11) is 1.31. The largest absolute Gasteiger partial charge is 0.465 e. The number of carbonyl (C=O) groups excluding carboxylic acids is 2. The van der Waals surface area contributed by atoms with E-state index in [2.05, 4.69) is 12.1 Å². The predicted molar refractivity (Wildman–Crippen MR) is 115 cm³/mol. The summed E-state index contributed by atoms with van der Waals surface area (Å²) in [6.45, 7) is 8.19. The number of carbonyl (C=O) groups is 2. The standard InChI is InChI=1S/C24H25NO5/c1-6-30-24(28)19-12-18-11-17(23(27)29-5)7-8-21(18)25(22(19)26)13-20-15(3)9-14(2)10-16(20)4/h7-12H,6,13H2,1-5H3. The van der Waals surface area contributed by atoms with E-state index in [0.29, 0.717) is 23.0 Å². The summed E-state index contributed by atoms with van der Waals surface area (Å²) in [6, 6.07) is 10.6. The molecule has 6 nitrogen and oxygen atoms in total. The van der Waals surface area contributed by atoms with E-state index in [9.17, 15) is 14.4 Å². The van der Waals surface area contributed by atoms with E-state index in [0.717, 1.165) is 22.3 Å². The number of aromatic nitrogens is 1. The minimum absolute atomic E-state index is 0.0613. The highest BCUT2D eigenvalue weighted by Gasteiger charge is 2.19. The number of pyridine rings is 1. The van der Waals surface area contributed by atoms with E-state index in [1.165, 1.54) is 13.2 Å². The van der Waals surface area contributed by atoms with E-state index in [-0.39, 0.29) is 12.2 Å². The molecule has 0 N–H and O–H groups in total. The first-order chi connectivity index (χ1) is 14.3. The quantitative estimate of drug-likeness (QED) is 0.599. The van der Waals surface area contributed by atoms with Crippen molar-refractivity contribution < 1.29 is 19.1 Å². The van der Waals surface area contributed by atoms with Gasteiger partial charge in [-0.2, -0.15) is 0 Å². The molecule has 156 valence electrons. The van der Waals surface area contributed by atoms with Crippen molar-refractivity contribution in [1.82, 2.24) is 4.57 Å². The molecule has 0 bridgehead atoms. The maximum absolute atomic E-state index is 13.2. The fraction of sp³-hybridized carbons (Fsp3) is 0.292. The summed E-state index contributed by atoms with van der Waals surface area (Å²) < 4.78 is 11.4. The summed E-state index contributed by atoms with van der Waals surface area (Å²) in [5.41, 5.74) is 4.78. The number of aryl methyl sites for hydroxylation is 3. The van der Waals surface area contributed by atoms with Gasteiger partial charge in [0.25, 0.3) is 5.56 Å². The normalized spacial score (nSPS) is 10.8. The summed E-state index contributed by atoms with van der Waals surface area (Å²) in [5.74, 6) is -1.17. The third-order valence-electron chi connectivity index (χ3n) is 5.17. The Kier molecular flexibility index (Phi) is 6.06. The maximum atomic E-state index is 13.2. The molecule has 6 heteroatoms. The average molecular weight is 407 g/mol. The van der Waals surface area contributed by atoms with Crippen molar-refractivity contribution in [2.24, 2.45) is 0 Å². The van der Waals surface area contributed by atoms with Gasteiger partial charge in [0.05, 0.1) is 31.3 Å². The van der Waals surface area contributed by atoms with Gasteiger partial charge in [-0.1, -0.05) is 17.7 Å². The third-order valence-corrected chi connectivity index (χ3v) is 5.17.